The van der Waals surface area contributed by atoms with Crippen LogP contribution in [0.3, 0.4) is 0 Å². The molecule has 0 N–H and O–H groups in total. The molecule has 15 heavy (non-hydrogen) atoms. The van der Waals surface area contributed by atoms with Crippen molar-refractivity contribution >= 4 is 0 Å². The molecule has 0 amide bonds. The van der Waals surface area contributed by atoms with Gasteiger partial charge in [0.1, 0.15) is 0 Å². The van der Waals surface area contributed by atoms with Gasteiger partial charge in [0.15, 0.2) is 0 Å². The molecule has 2 aromatic rings. The first-order valence-electron chi connectivity index (χ1n) is 5.31. The molecule has 2 rings (SSSR count). The van der Waals surface area contributed by atoms with E-state index in [-0.39, 0.29) is 0 Å². The molecule has 0 radical (unpaired) electrons. The van der Waals surface area contributed by atoms with Crippen molar-refractivity contribution in [1.82, 2.24) is 0 Å². The van der Waals surface area contributed by atoms with Crippen LogP contribution in [0, 0.1) is 20.8 Å². The molecule has 0 unspecified atom stereocenters. The molecule has 0 atom stereocenters. The summed E-state index contributed by atoms with van der Waals surface area (Å²) in [6.45, 7) is 6.42. The average molecular weight is 196 g/mol. The van der Waals surface area contributed by atoms with E-state index in [0.29, 0.717) is 0 Å². The fraction of sp³-hybridized carbons (Fsp3) is 0.200. The van der Waals surface area contributed by atoms with Crippen molar-refractivity contribution in [3.63, 3.8) is 0 Å². The summed E-state index contributed by atoms with van der Waals surface area (Å²) in [5.41, 5.74) is 6.61. The number of hydrogen-bond donors (Lipinski definition) is 0. The molecule has 2 aromatic carbocycles. The van der Waals surface area contributed by atoms with Crippen LogP contribution in [0.15, 0.2) is 42.5 Å². The molecule has 0 aliphatic heterocycles. The fourth-order valence-corrected chi connectivity index (χ4v) is 1.67. The highest BCUT2D eigenvalue weighted by molar-refractivity contribution is 5.65. The quantitative estimate of drug-likeness (QED) is 0.638. The molecule has 0 aliphatic rings. The minimum absolute atomic E-state index is 1.30. The Hall–Kier alpha value is -1.56. The second kappa shape index (κ2) is 3.90. The highest BCUT2D eigenvalue weighted by atomic mass is 14.0. The van der Waals surface area contributed by atoms with E-state index >= 15 is 0 Å². The Bertz CT molecular complexity index is 464. The molecule has 0 saturated heterocycles. The normalized spacial score (nSPS) is 10.3. The Labute approximate surface area is 91.6 Å². The smallest absolute Gasteiger partial charge is 0.0181 e. The van der Waals surface area contributed by atoms with Crippen molar-refractivity contribution in [3.8, 4) is 11.1 Å². The van der Waals surface area contributed by atoms with Gasteiger partial charge in [-0.3, -0.25) is 0 Å². The minimum Gasteiger partial charge on any atom is -0.0587 e. The molecule has 0 nitrogen and oxygen atoms in total. The summed E-state index contributed by atoms with van der Waals surface area (Å²) in [6.07, 6.45) is 0. The molecule has 0 heteroatoms. The molecule has 0 bridgehead atoms. The largest absolute Gasteiger partial charge is 0.0587 e. The van der Waals surface area contributed by atoms with E-state index in [9.17, 15) is 0 Å². The number of hydrogen-bond acceptors (Lipinski definition) is 0. The predicted molar refractivity (Wildman–Crippen MR) is 66.1 cm³/mol. The summed E-state index contributed by atoms with van der Waals surface area (Å²) >= 11 is 0. The van der Waals surface area contributed by atoms with Gasteiger partial charge in [-0.05, 0) is 43.0 Å². The molecule has 0 aromatic heterocycles. The molecule has 0 heterocycles. The number of benzene rings is 2. The fourth-order valence-electron chi connectivity index (χ4n) is 1.67. The molecule has 0 saturated carbocycles. The van der Waals surface area contributed by atoms with Gasteiger partial charge in [-0.25, -0.2) is 0 Å². The van der Waals surface area contributed by atoms with Gasteiger partial charge in [0.05, 0.1) is 0 Å². The van der Waals surface area contributed by atoms with Crippen LogP contribution in [0.5, 0.6) is 0 Å². The van der Waals surface area contributed by atoms with E-state index in [1.165, 1.54) is 27.8 Å². The van der Waals surface area contributed by atoms with Crippen molar-refractivity contribution in [1.29, 1.82) is 0 Å². The summed E-state index contributed by atoms with van der Waals surface area (Å²) in [6, 6.07) is 15.3. The topological polar surface area (TPSA) is 0 Å². The molecular formula is C15H16. The third-order valence-corrected chi connectivity index (χ3v) is 2.89. The molecule has 0 spiro atoms. The molecule has 76 valence electrons. The second-order valence-corrected chi connectivity index (χ2v) is 4.17. The average Bonchev–Trinajstić information content (AvgIpc) is 2.23. The van der Waals surface area contributed by atoms with Gasteiger partial charge >= 0.3 is 0 Å². The van der Waals surface area contributed by atoms with E-state index in [2.05, 4.69) is 63.2 Å². The van der Waals surface area contributed by atoms with Crippen LogP contribution in [-0.2, 0) is 0 Å². The van der Waals surface area contributed by atoms with Gasteiger partial charge in [-0.15, -0.1) is 0 Å². The zero-order chi connectivity index (χ0) is 10.8. The van der Waals surface area contributed by atoms with Crippen molar-refractivity contribution in [2.24, 2.45) is 0 Å². The Morgan fingerprint density at radius 1 is 0.600 bits per heavy atom. The van der Waals surface area contributed by atoms with Crippen LogP contribution in [0.25, 0.3) is 11.1 Å². The lowest BCUT2D eigenvalue weighted by atomic mass is 10.00. The van der Waals surface area contributed by atoms with Crippen molar-refractivity contribution in [3.05, 3.63) is 59.2 Å². The molecular weight excluding hydrogens is 180 g/mol. The molecule has 0 fully saturated rings. The van der Waals surface area contributed by atoms with E-state index in [0.717, 1.165) is 0 Å². The van der Waals surface area contributed by atoms with Gasteiger partial charge in [0.2, 0.25) is 0 Å². The standard InChI is InChI=1S/C15H16/c1-11-4-7-14(8-5-11)15-9-6-12(2)13(3)10-15/h4-10H,1-3H3. The Morgan fingerprint density at radius 3 is 1.80 bits per heavy atom. The number of aryl methyl sites for hydroxylation is 3. The van der Waals surface area contributed by atoms with Crippen molar-refractivity contribution in [2.45, 2.75) is 20.8 Å². The van der Waals surface area contributed by atoms with E-state index in [1.807, 2.05) is 0 Å². The van der Waals surface area contributed by atoms with Gasteiger partial charge in [-0.1, -0.05) is 48.0 Å². The monoisotopic (exact) mass is 196 g/mol. The van der Waals surface area contributed by atoms with E-state index in [4.69, 9.17) is 0 Å². The van der Waals surface area contributed by atoms with Crippen LogP contribution in [0.4, 0.5) is 0 Å². The minimum atomic E-state index is 1.30. The van der Waals surface area contributed by atoms with Gasteiger partial charge in [0.25, 0.3) is 0 Å². The van der Waals surface area contributed by atoms with Gasteiger partial charge in [0, 0.05) is 0 Å². The SMILES string of the molecule is Cc1ccc(-c2ccc(C)c(C)c2)cc1. The van der Waals surface area contributed by atoms with E-state index in [1.54, 1.807) is 0 Å². The summed E-state index contributed by atoms with van der Waals surface area (Å²) in [4.78, 5) is 0. The third kappa shape index (κ3) is 2.10. The van der Waals surface area contributed by atoms with Crippen LogP contribution in [-0.4, -0.2) is 0 Å². The Balaban J connectivity index is 2.45. The maximum atomic E-state index is 2.25. The predicted octanol–water partition coefficient (Wildman–Crippen LogP) is 4.28. The van der Waals surface area contributed by atoms with Crippen molar-refractivity contribution < 1.29 is 0 Å². The van der Waals surface area contributed by atoms with Crippen LogP contribution in [0.2, 0.25) is 0 Å². The first-order chi connectivity index (χ1) is 7.16. The summed E-state index contributed by atoms with van der Waals surface area (Å²) in [5, 5.41) is 0. The highest BCUT2D eigenvalue weighted by Crippen LogP contribution is 2.22. The molecule has 0 aliphatic carbocycles. The van der Waals surface area contributed by atoms with Crippen LogP contribution < -0.4 is 0 Å². The summed E-state index contributed by atoms with van der Waals surface area (Å²) in [7, 11) is 0. The lowest BCUT2D eigenvalue weighted by Gasteiger charge is -2.05. The Morgan fingerprint density at radius 2 is 1.20 bits per heavy atom. The van der Waals surface area contributed by atoms with Gasteiger partial charge < -0.3 is 0 Å². The summed E-state index contributed by atoms with van der Waals surface area (Å²) in [5.74, 6) is 0. The van der Waals surface area contributed by atoms with Gasteiger partial charge in [-0.2, -0.15) is 0 Å². The third-order valence-electron chi connectivity index (χ3n) is 2.89. The van der Waals surface area contributed by atoms with Crippen LogP contribution >= 0.6 is 0 Å². The highest BCUT2D eigenvalue weighted by Gasteiger charge is 1.98. The first kappa shape index (κ1) is 9.97. The van der Waals surface area contributed by atoms with Crippen LogP contribution in [0.1, 0.15) is 16.7 Å². The lowest BCUT2D eigenvalue weighted by molar-refractivity contribution is 1.34. The maximum Gasteiger partial charge on any atom is -0.0181 e. The summed E-state index contributed by atoms with van der Waals surface area (Å²) < 4.78 is 0. The zero-order valence-electron chi connectivity index (χ0n) is 9.54. The Kier molecular flexibility index (Phi) is 2.59. The van der Waals surface area contributed by atoms with E-state index < -0.39 is 0 Å². The number of rotatable bonds is 1. The lowest BCUT2D eigenvalue weighted by Crippen LogP contribution is -1.83. The van der Waals surface area contributed by atoms with Crippen molar-refractivity contribution in [2.75, 3.05) is 0 Å². The first-order valence-corrected chi connectivity index (χ1v) is 5.31. The maximum absolute atomic E-state index is 2.25. The zero-order valence-corrected chi connectivity index (χ0v) is 9.54. The second-order valence-electron chi connectivity index (χ2n) is 4.17.